The van der Waals surface area contributed by atoms with Gasteiger partial charge in [0.1, 0.15) is 5.01 Å². The molecule has 1 aliphatic carbocycles. The number of benzene rings is 5. The molecule has 6 aromatic rings. The highest BCUT2D eigenvalue weighted by molar-refractivity contribution is 7.22. The van der Waals surface area contributed by atoms with Gasteiger partial charge in [0.2, 0.25) is 0 Å². The van der Waals surface area contributed by atoms with Crippen molar-refractivity contribution >= 4 is 32.3 Å². The zero-order chi connectivity index (χ0) is 23.6. The zero-order valence-electron chi connectivity index (χ0n) is 19.9. The van der Waals surface area contributed by atoms with Gasteiger partial charge in [0.05, 0.1) is 10.2 Å². The third kappa shape index (κ3) is 4.15. The maximum atomic E-state index is 5.18. The van der Waals surface area contributed by atoms with Crippen molar-refractivity contribution in [3.63, 3.8) is 0 Å². The largest absolute Gasteiger partial charge is 0.236 e. The van der Waals surface area contributed by atoms with E-state index in [-0.39, 0.29) is 0 Å². The van der Waals surface area contributed by atoms with Crippen molar-refractivity contribution in [1.29, 1.82) is 0 Å². The van der Waals surface area contributed by atoms with Crippen molar-refractivity contribution in [1.82, 2.24) is 4.98 Å². The third-order valence-electron chi connectivity index (χ3n) is 6.78. The second-order valence-electron chi connectivity index (χ2n) is 9.13. The van der Waals surface area contributed by atoms with Crippen LogP contribution >= 0.6 is 11.3 Å². The van der Waals surface area contributed by atoms with Crippen molar-refractivity contribution < 1.29 is 0 Å². The molecule has 2 heteroatoms. The Kier molecular flexibility index (Phi) is 5.89. The summed E-state index contributed by atoms with van der Waals surface area (Å²) in [6, 6.07) is 38.6. The monoisotopic (exact) mass is 469 g/mol. The Labute approximate surface area is 210 Å². The molecule has 0 aliphatic heterocycles. The lowest BCUT2D eigenvalue weighted by atomic mass is 9.90. The van der Waals surface area contributed by atoms with Crippen molar-refractivity contribution in [2.45, 2.75) is 26.2 Å². The fourth-order valence-corrected chi connectivity index (χ4v) is 6.25. The van der Waals surface area contributed by atoms with Crippen molar-refractivity contribution in [2.75, 3.05) is 0 Å². The first-order valence-electron chi connectivity index (χ1n) is 12.3. The summed E-state index contributed by atoms with van der Waals surface area (Å²) >= 11 is 1.83. The van der Waals surface area contributed by atoms with Gasteiger partial charge < -0.3 is 0 Å². The highest BCUT2D eigenvalue weighted by Crippen LogP contribution is 2.45. The van der Waals surface area contributed by atoms with Crippen molar-refractivity contribution in [2.24, 2.45) is 0 Å². The number of rotatable bonds is 1. The Hall–Kier alpha value is -3.75. The molecule has 0 atom stereocenters. The molecule has 0 fully saturated rings. The predicted octanol–water partition coefficient (Wildman–Crippen LogP) is 9.27. The second-order valence-corrected chi connectivity index (χ2v) is 10.1. The molecule has 7 rings (SSSR count). The highest BCUT2D eigenvalue weighted by atomic mass is 32.1. The van der Waals surface area contributed by atoms with Crippen LogP contribution in [0.15, 0.2) is 109 Å². The molecule has 5 aromatic carbocycles. The predicted molar refractivity (Wildman–Crippen MR) is 151 cm³/mol. The van der Waals surface area contributed by atoms with Gasteiger partial charge in [0, 0.05) is 10.9 Å². The molecule has 1 aliphatic rings. The van der Waals surface area contributed by atoms with Crippen LogP contribution in [0.1, 0.15) is 23.1 Å². The van der Waals surface area contributed by atoms with Gasteiger partial charge in [-0.25, -0.2) is 4.98 Å². The number of hydrogen-bond donors (Lipinski definition) is 0. The smallest absolute Gasteiger partial charge is 0.124 e. The molecule has 0 spiro atoms. The van der Waals surface area contributed by atoms with E-state index in [1.165, 1.54) is 60.8 Å². The Morgan fingerprint density at radius 2 is 1.31 bits per heavy atom. The summed E-state index contributed by atoms with van der Waals surface area (Å²) in [5.41, 5.74) is 9.41. The van der Waals surface area contributed by atoms with E-state index in [0.717, 1.165) is 17.8 Å². The fraction of sp³-hybridized carbons (Fsp3) is 0.121. The minimum absolute atomic E-state index is 1.09. The third-order valence-corrected chi connectivity index (χ3v) is 7.91. The van der Waals surface area contributed by atoms with E-state index in [9.17, 15) is 0 Å². The van der Waals surface area contributed by atoms with E-state index in [2.05, 4.69) is 97.9 Å². The molecule has 0 radical (unpaired) electrons. The van der Waals surface area contributed by atoms with Gasteiger partial charge in [-0.15, -0.1) is 11.3 Å². The number of hydrogen-bond acceptors (Lipinski definition) is 2. The quantitative estimate of drug-likeness (QED) is 0.234. The van der Waals surface area contributed by atoms with E-state index < -0.39 is 0 Å². The SMILES string of the molecule is Cc1ccccc1.c1ccc(-c2nc3c4c(c5ccccc5c3s2)-c2ccccc2CCC4)cc1. The first kappa shape index (κ1) is 21.8. The lowest BCUT2D eigenvalue weighted by Crippen LogP contribution is -1.92. The van der Waals surface area contributed by atoms with Gasteiger partial charge in [0.25, 0.3) is 0 Å². The van der Waals surface area contributed by atoms with E-state index >= 15 is 0 Å². The molecule has 0 N–H and O–H groups in total. The molecular weight excluding hydrogens is 442 g/mol. The molecule has 1 aromatic heterocycles. The van der Waals surface area contributed by atoms with Crippen LogP contribution in [0.2, 0.25) is 0 Å². The summed E-state index contributed by atoms with van der Waals surface area (Å²) in [6.07, 6.45) is 3.40. The fourth-order valence-electron chi connectivity index (χ4n) is 5.11. The minimum Gasteiger partial charge on any atom is -0.236 e. The number of aryl methyl sites for hydroxylation is 3. The normalized spacial score (nSPS) is 12.4. The average Bonchev–Trinajstić information content (AvgIpc) is 3.27. The Bertz CT molecular complexity index is 1610. The van der Waals surface area contributed by atoms with Crippen LogP contribution in [0.4, 0.5) is 0 Å². The number of aromatic nitrogens is 1. The second kappa shape index (κ2) is 9.48. The summed E-state index contributed by atoms with van der Waals surface area (Å²) in [5.74, 6) is 0. The number of nitrogens with zero attached hydrogens (tertiary/aromatic N) is 1. The van der Waals surface area contributed by atoms with Gasteiger partial charge in [-0.3, -0.25) is 0 Å². The average molecular weight is 470 g/mol. The first-order chi connectivity index (χ1) is 17.3. The maximum Gasteiger partial charge on any atom is 0.124 e. The molecule has 35 heavy (non-hydrogen) atoms. The Balaban J connectivity index is 0.000000284. The van der Waals surface area contributed by atoms with Crippen LogP contribution in [-0.2, 0) is 12.8 Å². The molecule has 170 valence electrons. The van der Waals surface area contributed by atoms with Gasteiger partial charge in [-0.05, 0) is 53.8 Å². The molecular formula is C33H27NS. The summed E-state index contributed by atoms with van der Waals surface area (Å²) in [6.45, 7) is 2.08. The van der Waals surface area contributed by atoms with Crippen LogP contribution < -0.4 is 0 Å². The summed E-state index contributed by atoms with van der Waals surface area (Å²) < 4.78 is 1.33. The molecule has 1 heterocycles. The van der Waals surface area contributed by atoms with Gasteiger partial charge in [-0.1, -0.05) is 115 Å². The number of fused-ring (bicyclic) bond motifs is 8. The standard InChI is InChI=1S/C26H19NS.C7H8/c1-2-10-18(11-3-1)26-27-24-22-16-8-12-17-9-4-5-13-19(17)23(22)20-14-6-7-15-21(20)25(24)28-26;1-7-5-3-2-4-6-7/h1-7,9-11,13-15H,8,12,16H2;2-6H,1H3. The van der Waals surface area contributed by atoms with Crippen LogP contribution in [0.25, 0.3) is 42.7 Å². The summed E-state index contributed by atoms with van der Waals surface area (Å²) in [4.78, 5) is 5.18. The van der Waals surface area contributed by atoms with Gasteiger partial charge in [0.15, 0.2) is 0 Å². The molecule has 0 amide bonds. The molecule has 0 saturated carbocycles. The number of thiazole rings is 1. The molecule has 0 bridgehead atoms. The van der Waals surface area contributed by atoms with E-state index in [4.69, 9.17) is 4.98 Å². The molecule has 1 nitrogen and oxygen atoms in total. The van der Waals surface area contributed by atoms with Crippen LogP contribution in [0, 0.1) is 6.92 Å². The molecule has 0 saturated heterocycles. The van der Waals surface area contributed by atoms with E-state index in [1.807, 2.05) is 29.5 Å². The lowest BCUT2D eigenvalue weighted by Gasteiger charge is -2.14. The van der Waals surface area contributed by atoms with Crippen molar-refractivity contribution in [3.8, 4) is 21.7 Å². The zero-order valence-corrected chi connectivity index (χ0v) is 20.7. The Morgan fingerprint density at radius 3 is 2.06 bits per heavy atom. The Morgan fingerprint density at radius 1 is 0.657 bits per heavy atom. The van der Waals surface area contributed by atoms with E-state index in [0.29, 0.717) is 0 Å². The topological polar surface area (TPSA) is 12.9 Å². The highest BCUT2D eigenvalue weighted by Gasteiger charge is 2.22. The van der Waals surface area contributed by atoms with Crippen molar-refractivity contribution in [3.05, 3.63) is 126 Å². The van der Waals surface area contributed by atoms with Crippen LogP contribution in [0.5, 0.6) is 0 Å². The lowest BCUT2D eigenvalue weighted by molar-refractivity contribution is 0.838. The van der Waals surface area contributed by atoms with Crippen LogP contribution in [-0.4, -0.2) is 4.98 Å². The maximum absolute atomic E-state index is 5.18. The summed E-state index contributed by atoms with van der Waals surface area (Å²) in [5, 5.41) is 3.81. The van der Waals surface area contributed by atoms with E-state index in [1.54, 1.807) is 0 Å². The van der Waals surface area contributed by atoms with Gasteiger partial charge >= 0.3 is 0 Å². The molecule has 0 unspecified atom stereocenters. The first-order valence-corrected chi connectivity index (χ1v) is 13.1. The minimum atomic E-state index is 1.09. The summed E-state index contributed by atoms with van der Waals surface area (Å²) in [7, 11) is 0. The van der Waals surface area contributed by atoms with Crippen LogP contribution in [0.3, 0.4) is 0 Å². The van der Waals surface area contributed by atoms with Gasteiger partial charge in [-0.2, -0.15) is 0 Å².